The van der Waals surface area contributed by atoms with E-state index in [4.69, 9.17) is 4.74 Å². The van der Waals surface area contributed by atoms with Crippen LogP contribution < -0.4 is 5.32 Å². The summed E-state index contributed by atoms with van der Waals surface area (Å²) in [7, 11) is 0. The van der Waals surface area contributed by atoms with E-state index in [0.717, 1.165) is 12.6 Å². The summed E-state index contributed by atoms with van der Waals surface area (Å²) in [6.45, 7) is 10.3. The van der Waals surface area contributed by atoms with Crippen LogP contribution in [0.2, 0.25) is 0 Å². The Morgan fingerprint density at radius 1 is 1.25 bits per heavy atom. The highest BCUT2D eigenvalue weighted by Crippen LogP contribution is 2.36. The standard InChI is InChI=1S/C14H27NO/c1-13(2,10-15-11-5-6-11)9-12-7-8-14(3,4)16-12/h11-12,15H,5-10H2,1-4H3. The Hall–Kier alpha value is -0.0800. The molecule has 2 aliphatic rings. The molecule has 0 radical (unpaired) electrons. The van der Waals surface area contributed by atoms with Crippen LogP contribution in [0.25, 0.3) is 0 Å². The molecule has 1 saturated heterocycles. The monoisotopic (exact) mass is 225 g/mol. The zero-order valence-corrected chi connectivity index (χ0v) is 11.3. The molecule has 94 valence electrons. The summed E-state index contributed by atoms with van der Waals surface area (Å²) in [6, 6.07) is 0.820. The van der Waals surface area contributed by atoms with Gasteiger partial charge in [0, 0.05) is 12.6 Å². The van der Waals surface area contributed by atoms with E-state index in [1.54, 1.807) is 0 Å². The van der Waals surface area contributed by atoms with E-state index in [0.29, 0.717) is 11.5 Å². The lowest BCUT2D eigenvalue weighted by atomic mass is 9.85. The third-order valence-corrected chi connectivity index (χ3v) is 3.78. The van der Waals surface area contributed by atoms with E-state index < -0.39 is 0 Å². The molecule has 1 saturated carbocycles. The summed E-state index contributed by atoms with van der Waals surface area (Å²) in [4.78, 5) is 0. The molecule has 0 aromatic carbocycles. The molecule has 1 heterocycles. The second kappa shape index (κ2) is 4.30. The predicted molar refractivity (Wildman–Crippen MR) is 67.6 cm³/mol. The van der Waals surface area contributed by atoms with Crippen LogP contribution in [0.4, 0.5) is 0 Å². The maximum Gasteiger partial charge on any atom is 0.0631 e. The third-order valence-electron chi connectivity index (χ3n) is 3.78. The topological polar surface area (TPSA) is 21.3 Å². The summed E-state index contributed by atoms with van der Waals surface area (Å²) in [5.74, 6) is 0. The molecule has 0 aromatic rings. The highest BCUT2D eigenvalue weighted by Gasteiger charge is 2.35. The maximum atomic E-state index is 6.08. The van der Waals surface area contributed by atoms with Crippen molar-refractivity contribution in [2.24, 2.45) is 5.41 Å². The average Bonchev–Trinajstić information content (AvgIpc) is 2.89. The van der Waals surface area contributed by atoms with Gasteiger partial charge in [-0.1, -0.05) is 13.8 Å². The van der Waals surface area contributed by atoms with E-state index in [-0.39, 0.29) is 5.60 Å². The Bertz CT molecular complexity index is 243. The van der Waals surface area contributed by atoms with Gasteiger partial charge in [0.25, 0.3) is 0 Å². The molecular weight excluding hydrogens is 198 g/mol. The van der Waals surface area contributed by atoms with E-state index in [9.17, 15) is 0 Å². The van der Waals surface area contributed by atoms with Gasteiger partial charge in [-0.15, -0.1) is 0 Å². The van der Waals surface area contributed by atoms with E-state index >= 15 is 0 Å². The zero-order chi connectivity index (χ0) is 11.8. The van der Waals surface area contributed by atoms with Gasteiger partial charge in [0.05, 0.1) is 11.7 Å². The predicted octanol–water partition coefficient (Wildman–Crippen LogP) is 3.11. The van der Waals surface area contributed by atoms with Crippen molar-refractivity contribution in [3.8, 4) is 0 Å². The van der Waals surface area contributed by atoms with Gasteiger partial charge in [0.2, 0.25) is 0 Å². The molecule has 0 aromatic heterocycles. The van der Waals surface area contributed by atoms with Gasteiger partial charge in [-0.3, -0.25) is 0 Å². The fraction of sp³-hybridized carbons (Fsp3) is 1.00. The molecule has 1 unspecified atom stereocenters. The molecule has 1 N–H and O–H groups in total. The molecule has 0 spiro atoms. The molecule has 0 bridgehead atoms. The van der Waals surface area contributed by atoms with Crippen molar-refractivity contribution in [1.82, 2.24) is 5.32 Å². The second-order valence-corrected chi connectivity index (χ2v) is 7.06. The highest BCUT2D eigenvalue weighted by atomic mass is 16.5. The van der Waals surface area contributed by atoms with E-state index in [2.05, 4.69) is 33.0 Å². The van der Waals surface area contributed by atoms with Gasteiger partial charge in [-0.25, -0.2) is 0 Å². The summed E-state index contributed by atoms with van der Waals surface area (Å²) in [5.41, 5.74) is 0.484. The minimum Gasteiger partial charge on any atom is -0.372 e. The SMILES string of the molecule is CC(C)(CNC1CC1)CC1CCC(C)(C)O1. The van der Waals surface area contributed by atoms with Crippen molar-refractivity contribution in [3.05, 3.63) is 0 Å². The smallest absolute Gasteiger partial charge is 0.0631 e. The zero-order valence-electron chi connectivity index (χ0n) is 11.3. The fourth-order valence-corrected chi connectivity index (χ4v) is 2.62. The van der Waals surface area contributed by atoms with Crippen LogP contribution in [-0.2, 0) is 4.74 Å². The summed E-state index contributed by atoms with van der Waals surface area (Å²) >= 11 is 0. The van der Waals surface area contributed by atoms with E-state index in [1.165, 1.54) is 32.1 Å². The average molecular weight is 225 g/mol. The second-order valence-electron chi connectivity index (χ2n) is 7.06. The van der Waals surface area contributed by atoms with Crippen LogP contribution >= 0.6 is 0 Å². The lowest BCUT2D eigenvalue weighted by Crippen LogP contribution is -2.34. The van der Waals surface area contributed by atoms with Crippen molar-refractivity contribution < 1.29 is 4.74 Å². The van der Waals surface area contributed by atoms with Crippen LogP contribution in [0.3, 0.4) is 0 Å². The molecule has 0 amide bonds. The first-order valence-electron chi connectivity index (χ1n) is 6.78. The lowest BCUT2D eigenvalue weighted by molar-refractivity contribution is -0.0317. The first-order valence-corrected chi connectivity index (χ1v) is 6.78. The maximum absolute atomic E-state index is 6.08. The van der Waals surface area contributed by atoms with E-state index in [1.807, 2.05) is 0 Å². The number of hydrogen-bond acceptors (Lipinski definition) is 2. The summed E-state index contributed by atoms with van der Waals surface area (Å²) < 4.78 is 6.08. The summed E-state index contributed by atoms with van der Waals surface area (Å²) in [6.07, 6.45) is 6.87. The van der Waals surface area contributed by atoms with Crippen molar-refractivity contribution >= 4 is 0 Å². The quantitative estimate of drug-likeness (QED) is 0.776. The van der Waals surface area contributed by atoms with Crippen LogP contribution in [0, 0.1) is 5.41 Å². The Balaban J connectivity index is 1.74. The first kappa shape index (κ1) is 12.4. The molecule has 2 rings (SSSR count). The van der Waals surface area contributed by atoms with Gasteiger partial charge in [-0.2, -0.15) is 0 Å². The molecular formula is C14H27NO. The summed E-state index contributed by atoms with van der Waals surface area (Å²) in [5, 5.41) is 3.64. The molecule has 1 aliphatic heterocycles. The molecule has 1 atom stereocenters. The molecule has 2 heteroatoms. The van der Waals surface area contributed by atoms with Crippen molar-refractivity contribution in [3.63, 3.8) is 0 Å². The number of rotatable bonds is 5. The van der Waals surface area contributed by atoms with Crippen LogP contribution in [0.5, 0.6) is 0 Å². The molecule has 2 fully saturated rings. The van der Waals surface area contributed by atoms with Gasteiger partial charge < -0.3 is 10.1 Å². The minimum absolute atomic E-state index is 0.116. The van der Waals surface area contributed by atoms with Gasteiger partial charge in [-0.05, 0) is 51.4 Å². The minimum atomic E-state index is 0.116. The van der Waals surface area contributed by atoms with Crippen molar-refractivity contribution in [2.45, 2.75) is 77.5 Å². The fourth-order valence-electron chi connectivity index (χ4n) is 2.62. The lowest BCUT2D eigenvalue weighted by Gasteiger charge is -2.29. The normalized spacial score (nSPS) is 29.6. The highest BCUT2D eigenvalue weighted by molar-refractivity contribution is 4.88. The van der Waals surface area contributed by atoms with Crippen LogP contribution in [0.1, 0.15) is 59.8 Å². The molecule has 2 nitrogen and oxygen atoms in total. The Morgan fingerprint density at radius 3 is 2.44 bits per heavy atom. The molecule has 1 aliphatic carbocycles. The van der Waals surface area contributed by atoms with Gasteiger partial charge in [0.1, 0.15) is 0 Å². The van der Waals surface area contributed by atoms with Crippen LogP contribution in [0.15, 0.2) is 0 Å². The van der Waals surface area contributed by atoms with Crippen molar-refractivity contribution in [1.29, 1.82) is 0 Å². The number of hydrogen-bond donors (Lipinski definition) is 1. The van der Waals surface area contributed by atoms with Crippen LogP contribution in [-0.4, -0.2) is 24.3 Å². The largest absolute Gasteiger partial charge is 0.372 e. The van der Waals surface area contributed by atoms with Gasteiger partial charge >= 0.3 is 0 Å². The Kier molecular flexibility index (Phi) is 3.33. The first-order chi connectivity index (χ1) is 7.36. The van der Waals surface area contributed by atoms with Gasteiger partial charge in [0.15, 0.2) is 0 Å². The number of nitrogens with one attached hydrogen (secondary N) is 1. The Labute approximate surface area is 100 Å². The molecule has 16 heavy (non-hydrogen) atoms. The van der Waals surface area contributed by atoms with Crippen molar-refractivity contribution in [2.75, 3.05) is 6.54 Å². The third kappa shape index (κ3) is 3.74. The Morgan fingerprint density at radius 2 is 1.94 bits per heavy atom. The number of ether oxygens (including phenoxy) is 1.